The third kappa shape index (κ3) is 5.26. The van der Waals surface area contributed by atoms with Gasteiger partial charge in [0, 0.05) is 11.5 Å². The largest absolute Gasteiger partial charge is 0.507 e. The minimum atomic E-state index is 0.278. The average Bonchev–Trinajstić information content (AvgIpc) is 2.60. The van der Waals surface area contributed by atoms with Gasteiger partial charge in [-0.05, 0) is 62.6 Å². The molecule has 0 radical (unpaired) electrons. The molecule has 0 bridgehead atoms. The SMILES string of the molecule is CCCCCc1cc(O)c([C@@H]2C=C(C)CC[C@H]2CCCC)c(OC)c1. The summed E-state index contributed by atoms with van der Waals surface area (Å²) in [4.78, 5) is 0. The molecule has 0 unspecified atom stereocenters. The number of phenols is 1. The molecule has 140 valence electrons. The second-order valence-electron chi connectivity index (χ2n) is 7.67. The normalized spacial score (nSPS) is 20.4. The molecule has 1 aliphatic carbocycles. The van der Waals surface area contributed by atoms with Crippen molar-refractivity contribution in [2.45, 2.75) is 84.5 Å². The van der Waals surface area contributed by atoms with Crippen LogP contribution in [-0.2, 0) is 6.42 Å². The summed E-state index contributed by atoms with van der Waals surface area (Å²) < 4.78 is 5.73. The predicted molar refractivity (Wildman–Crippen MR) is 107 cm³/mol. The molecule has 0 fully saturated rings. The summed E-state index contributed by atoms with van der Waals surface area (Å²) in [6.07, 6.45) is 13.1. The topological polar surface area (TPSA) is 29.5 Å². The summed E-state index contributed by atoms with van der Waals surface area (Å²) in [7, 11) is 1.73. The highest BCUT2D eigenvalue weighted by Gasteiger charge is 2.29. The first kappa shape index (κ1) is 19.9. The Balaban J connectivity index is 2.32. The van der Waals surface area contributed by atoms with Crippen LogP contribution in [-0.4, -0.2) is 12.2 Å². The summed E-state index contributed by atoms with van der Waals surface area (Å²) in [5, 5.41) is 10.8. The maximum Gasteiger partial charge on any atom is 0.126 e. The number of benzene rings is 1. The van der Waals surface area contributed by atoms with Crippen LogP contribution in [0, 0.1) is 5.92 Å². The second-order valence-corrected chi connectivity index (χ2v) is 7.67. The highest BCUT2D eigenvalue weighted by Crippen LogP contribution is 2.46. The maximum atomic E-state index is 10.8. The molecule has 2 heteroatoms. The van der Waals surface area contributed by atoms with E-state index in [4.69, 9.17) is 4.74 Å². The van der Waals surface area contributed by atoms with Crippen LogP contribution in [0.1, 0.15) is 89.2 Å². The lowest BCUT2D eigenvalue weighted by atomic mass is 9.74. The van der Waals surface area contributed by atoms with Crippen molar-refractivity contribution in [2.75, 3.05) is 7.11 Å². The number of hydrogen-bond acceptors (Lipinski definition) is 2. The van der Waals surface area contributed by atoms with Gasteiger partial charge in [0.2, 0.25) is 0 Å². The van der Waals surface area contributed by atoms with Crippen LogP contribution in [0.4, 0.5) is 0 Å². The maximum absolute atomic E-state index is 10.8. The third-order valence-electron chi connectivity index (χ3n) is 5.61. The van der Waals surface area contributed by atoms with Gasteiger partial charge >= 0.3 is 0 Å². The number of allylic oxidation sites excluding steroid dienone is 2. The van der Waals surface area contributed by atoms with Gasteiger partial charge in [0.15, 0.2) is 0 Å². The Labute approximate surface area is 154 Å². The van der Waals surface area contributed by atoms with E-state index in [9.17, 15) is 5.11 Å². The number of unbranched alkanes of at least 4 members (excludes halogenated alkanes) is 3. The standard InChI is InChI=1S/C23H36O2/c1-5-7-9-10-18-15-21(24)23(22(16-18)25-4)20-14-17(3)12-13-19(20)11-8-6-2/h14-16,19-20,24H,5-13H2,1-4H3/t19-,20-/m1/s1. The van der Waals surface area contributed by atoms with Crippen molar-refractivity contribution in [3.05, 3.63) is 34.9 Å². The van der Waals surface area contributed by atoms with E-state index < -0.39 is 0 Å². The van der Waals surface area contributed by atoms with E-state index in [2.05, 4.69) is 32.9 Å². The first-order chi connectivity index (χ1) is 12.1. The summed E-state index contributed by atoms with van der Waals surface area (Å²) in [6.45, 7) is 6.68. The molecule has 2 atom stereocenters. The summed E-state index contributed by atoms with van der Waals surface area (Å²) in [5.41, 5.74) is 3.63. The first-order valence-electron chi connectivity index (χ1n) is 10.2. The number of phenolic OH excluding ortho intramolecular Hbond substituents is 1. The molecule has 25 heavy (non-hydrogen) atoms. The van der Waals surface area contributed by atoms with Crippen LogP contribution < -0.4 is 4.74 Å². The highest BCUT2D eigenvalue weighted by atomic mass is 16.5. The molecule has 2 nitrogen and oxygen atoms in total. The number of aryl methyl sites for hydroxylation is 1. The van der Waals surface area contributed by atoms with Gasteiger partial charge in [-0.2, -0.15) is 0 Å². The number of rotatable bonds is 9. The first-order valence-corrected chi connectivity index (χ1v) is 10.2. The molecular formula is C23H36O2. The number of ether oxygens (including phenoxy) is 1. The Morgan fingerprint density at radius 1 is 1.12 bits per heavy atom. The van der Waals surface area contributed by atoms with Gasteiger partial charge in [-0.25, -0.2) is 0 Å². The lowest BCUT2D eigenvalue weighted by molar-refractivity contribution is 0.348. The zero-order chi connectivity index (χ0) is 18.2. The van der Waals surface area contributed by atoms with E-state index in [1.807, 2.05) is 6.07 Å². The van der Waals surface area contributed by atoms with Crippen LogP contribution in [0.15, 0.2) is 23.8 Å². The van der Waals surface area contributed by atoms with Crippen molar-refractivity contribution in [2.24, 2.45) is 5.92 Å². The molecule has 0 spiro atoms. The van der Waals surface area contributed by atoms with E-state index >= 15 is 0 Å². The second kappa shape index (κ2) is 9.89. The smallest absolute Gasteiger partial charge is 0.126 e. The fourth-order valence-corrected chi connectivity index (χ4v) is 4.12. The van der Waals surface area contributed by atoms with Crippen LogP contribution >= 0.6 is 0 Å². The minimum Gasteiger partial charge on any atom is -0.507 e. The summed E-state index contributed by atoms with van der Waals surface area (Å²) in [6, 6.07) is 4.13. The monoisotopic (exact) mass is 344 g/mol. The van der Waals surface area contributed by atoms with Gasteiger partial charge in [0.05, 0.1) is 7.11 Å². The predicted octanol–water partition coefficient (Wildman–Crippen LogP) is 6.76. The molecular weight excluding hydrogens is 308 g/mol. The van der Waals surface area contributed by atoms with E-state index in [1.165, 1.54) is 62.5 Å². The van der Waals surface area contributed by atoms with Crippen LogP contribution in [0.25, 0.3) is 0 Å². The lowest BCUT2D eigenvalue weighted by Crippen LogP contribution is -2.17. The van der Waals surface area contributed by atoms with Crippen molar-refractivity contribution in [3.8, 4) is 11.5 Å². The molecule has 1 aliphatic rings. The van der Waals surface area contributed by atoms with Crippen molar-refractivity contribution < 1.29 is 9.84 Å². The summed E-state index contributed by atoms with van der Waals surface area (Å²) >= 11 is 0. The van der Waals surface area contributed by atoms with Crippen LogP contribution in [0.2, 0.25) is 0 Å². The van der Waals surface area contributed by atoms with Gasteiger partial charge in [-0.1, -0.05) is 51.2 Å². The Morgan fingerprint density at radius 3 is 2.56 bits per heavy atom. The van der Waals surface area contributed by atoms with Crippen molar-refractivity contribution in [1.29, 1.82) is 0 Å². The highest BCUT2D eigenvalue weighted by molar-refractivity contribution is 5.51. The van der Waals surface area contributed by atoms with Gasteiger partial charge < -0.3 is 9.84 Å². The Hall–Kier alpha value is -1.44. The molecule has 0 saturated carbocycles. The quantitative estimate of drug-likeness (QED) is 0.396. The van der Waals surface area contributed by atoms with Crippen molar-refractivity contribution in [1.82, 2.24) is 0 Å². The molecule has 1 aromatic rings. The van der Waals surface area contributed by atoms with E-state index in [-0.39, 0.29) is 5.92 Å². The number of hydrogen-bond donors (Lipinski definition) is 1. The van der Waals surface area contributed by atoms with Crippen LogP contribution in [0.5, 0.6) is 11.5 Å². The fourth-order valence-electron chi connectivity index (χ4n) is 4.12. The van der Waals surface area contributed by atoms with Gasteiger partial charge in [-0.3, -0.25) is 0 Å². The van der Waals surface area contributed by atoms with Gasteiger partial charge in [0.1, 0.15) is 11.5 Å². The number of aromatic hydroxyl groups is 1. The van der Waals surface area contributed by atoms with Gasteiger partial charge in [0.25, 0.3) is 0 Å². The van der Waals surface area contributed by atoms with Crippen LogP contribution in [0.3, 0.4) is 0 Å². The van der Waals surface area contributed by atoms with Gasteiger partial charge in [-0.15, -0.1) is 0 Å². The van der Waals surface area contributed by atoms with E-state index in [0.717, 1.165) is 17.7 Å². The Morgan fingerprint density at radius 2 is 1.88 bits per heavy atom. The zero-order valence-corrected chi connectivity index (χ0v) is 16.6. The average molecular weight is 345 g/mol. The molecule has 0 saturated heterocycles. The van der Waals surface area contributed by atoms with E-state index in [1.54, 1.807) is 7.11 Å². The molecule has 0 aliphatic heterocycles. The Bertz CT molecular complexity index is 574. The minimum absolute atomic E-state index is 0.278. The molecule has 1 aromatic carbocycles. The summed E-state index contributed by atoms with van der Waals surface area (Å²) in [5.74, 6) is 2.17. The fraction of sp³-hybridized carbons (Fsp3) is 0.652. The molecule has 0 heterocycles. The third-order valence-corrected chi connectivity index (χ3v) is 5.61. The molecule has 0 amide bonds. The Kier molecular flexibility index (Phi) is 7.87. The van der Waals surface area contributed by atoms with Crippen molar-refractivity contribution >= 4 is 0 Å². The number of methoxy groups -OCH3 is 1. The van der Waals surface area contributed by atoms with E-state index in [0.29, 0.717) is 11.7 Å². The van der Waals surface area contributed by atoms with Crippen molar-refractivity contribution in [3.63, 3.8) is 0 Å². The molecule has 0 aromatic heterocycles. The molecule has 2 rings (SSSR count). The lowest BCUT2D eigenvalue weighted by Gasteiger charge is -2.31. The zero-order valence-electron chi connectivity index (χ0n) is 16.6. The molecule has 1 N–H and O–H groups in total.